The van der Waals surface area contributed by atoms with Crippen LogP contribution in [0.3, 0.4) is 0 Å². The third-order valence-electron chi connectivity index (χ3n) is 3.97. The highest BCUT2D eigenvalue weighted by molar-refractivity contribution is 5.05. The van der Waals surface area contributed by atoms with Crippen LogP contribution in [0.15, 0.2) is 11.6 Å². The molecule has 2 atom stereocenters. The molecule has 0 unspecified atom stereocenters. The number of hydrogen-bond donors (Lipinski definition) is 2. The zero-order valence-electron chi connectivity index (χ0n) is 10.3. The molecule has 0 spiro atoms. The van der Waals surface area contributed by atoms with Gasteiger partial charge in [-0.15, -0.1) is 0 Å². The lowest BCUT2D eigenvalue weighted by Crippen LogP contribution is -2.42. The highest BCUT2D eigenvalue weighted by atomic mass is 16.3. The van der Waals surface area contributed by atoms with Crippen molar-refractivity contribution in [2.24, 2.45) is 0 Å². The van der Waals surface area contributed by atoms with Crippen LogP contribution in [0.5, 0.6) is 0 Å². The van der Waals surface area contributed by atoms with Crippen LogP contribution in [0.2, 0.25) is 0 Å². The van der Waals surface area contributed by atoms with E-state index in [-0.39, 0.29) is 6.10 Å². The molecule has 92 valence electrons. The fraction of sp³-hybridized carbons (Fsp3) is 0.857. The molecular weight excluding hydrogens is 198 g/mol. The number of allylic oxidation sites excluding steroid dienone is 1. The SMILES string of the molecule is O[C@@H]1CCCC[C@H]1NCCC1=CCCCC1. The highest BCUT2D eigenvalue weighted by Crippen LogP contribution is 2.21. The number of rotatable bonds is 4. The third kappa shape index (κ3) is 3.60. The lowest BCUT2D eigenvalue weighted by molar-refractivity contribution is 0.0913. The number of aliphatic hydroxyl groups is 1. The molecule has 2 aliphatic carbocycles. The molecule has 0 aromatic rings. The van der Waals surface area contributed by atoms with Gasteiger partial charge in [-0.3, -0.25) is 0 Å². The van der Waals surface area contributed by atoms with Crippen LogP contribution >= 0.6 is 0 Å². The predicted octanol–water partition coefficient (Wildman–Crippen LogP) is 2.77. The highest BCUT2D eigenvalue weighted by Gasteiger charge is 2.21. The quantitative estimate of drug-likeness (QED) is 0.718. The molecule has 0 bridgehead atoms. The summed E-state index contributed by atoms with van der Waals surface area (Å²) in [5.41, 5.74) is 1.63. The predicted molar refractivity (Wildman–Crippen MR) is 67.4 cm³/mol. The van der Waals surface area contributed by atoms with Crippen molar-refractivity contribution in [3.8, 4) is 0 Å². The second kappa shape index (κ2) is 6.41. The summed E-state index contributed by atoms with van der Waals surface area (Å²) in [4.78, 5) is 0. The van der Waals surface area contributed by atoms with Gasteiger partial charge < -0.3 is 10.4 Å². The Labute approximate surface area is 99.1 Å². The molecule has 2 rings (SSSR count). The molecule has 2 nitrogen and oxygen atoms in total. The van der Waals surface area contributed by atoms with Gasteiger partial charge in [0.1, 0.15) is 0 Å². The largest absolute Gasteiger partial charge is 0.392 e. The van der Waals surface area contributed by atoms with Gasteiger partial charge in [0.15, 0.2) is 0 Å². The summed E-state index contributed by atoms with van der Waals surface area (Å²) in [7, 11) is 0. The maximum Gasteiger partial charge on any atom is 0.0693 e. The van der Waals surface area contributed by atoms with E-state index in [1.165, 1.54) is 44.9 Å². The van der Waals surface area contributed by atoms with E-state index in [0.717, 1.165) is 19.4 Å². The van der Waals surface area contributed by atoms with Gasteiger partial charge in [0, 0.05) is 6.04 Å². The first-order valence-corrected chi connectivity index (χ1v) is 6.95. The maximum absolute atomic E-state index is 9.83. The smallest absolute Gasteiger partial charge is 0.0693 e. The molecule has 1 saturated carbocycles. The van der Waals surface area contributed by atoms with E-state index in [4.69, 9.17) is 0 Å². The lowest BCUT2D eigenvalue weighted by Gasteiger charge is -2.28. The first-order valence-electron chi connectivity index (χ1n) is 6.95. The first kappa shape index (κ1) is 12.1. The molecule has 16 heavy (non-hydrogen) atoms. The van der Waals surface area contributed by atoms with Gasteiger partial charge in [0.05, 0.1) is 6.10 Å². The van der Waals surface area contributed by atoms with E-state index in [1.54, 1.807) is 5.57 Å². The summed E-state index contributed by atoms with van der Waals surface area (Å²) in [5, 5.41) is 13.4. The van der Waals surface area contributed by atoms with E-state index < -0.39 is 0 Å². The van der Waals surface area contributed by atoms with E-state index in [0.29, 0.717) is 6.04 Å². The van der Waals surface area contributed by atoms with Crippen LogP contribution in [0.4, 0.5) is 0 Å². The summed E-state index contributed by atoms with van der Waals surface area (Å²) >= 11 is 0. The van der Waals surface area contributed by atoms with Crippen molar-refractivity contribution in [2.45, 2.75) is 69.9 Å². The normalized spacial score (nSPS) is 31.2. The molecule has 2 heteroatoms. The van der Waals surface area contributed by atoms with Crippen molar-refractivity contribution < 1.29 is 5.11 Å². The van der Waals surface area contributed by atoms with E-state index in [1.807, 2.05) is 0 Å². The third-order valence-corrected chi connectivity index (χ3v) is 3.97. The Balaban J connectivity index is 1.64. The van der Waals surface area contributed by atoms with Gasteiger partial charge in [0.2, 0.25) is 0 Å². The zero-order chi connectivity index (χ0) is 11.2. The van der Waals surface area contributed by atoms with Crippen LogP contribution in [0.25, 0.3) is 0 Å². The molecule has 0 amide bonds. The molecule has 2 N–H and O–H groups in total. The van der Waals surface area contributed by atoms with E-state index in [2.05, 4.69) is 11.4 Å². The van der Waals surface area contributed by atoms with Crippen LogP contribution in [-0.2, 0) is 0 Å². The first-order chi connectivity index (χ1) is 7.86. The second-order valence-electron chi connectivity index (χ2n) is 5.27. The molecule has 0 saturated heterocycles. The van der Waals surface area contributed by atoms with Crippen molar-refractivity contribution in [1.29, 1.82) is 0 Å². The summed E-state index contributed by atoms with van der Waals surface area (Å²) in [6.07, 6.45) is 13.4. The fourth-order valence-corrected chi connectivity index (χ4v) is 2.90. The monoisotopic (exact) mass is 223 g/mol. The fourth-order valence-electron chi connectivity index (χ4n) is 2.90. The van der Waals surface area contributed by atoms with Gasteiger partial charge in [-0.2, -0.15) is 0 Å². The van der Waals surface area contributed by atoms with Crippen LogP contribution in [-0.4, -0.2) is 23.8 Å². The van der Waals surface area contributed by atoms with E-state index >= 15 is 0 Å². The van der Waals surface area contributed by atoms with Gasteiger partial charge in [-0.05, 0) is 51.5 Å². The Bertz CT molecular complexity index is 237. The van der Waals surface area contributed by atoms with Gasteiger partial charge in [0.25, 0.3) is 0 Å². The Hall–Kier alpha value is -0.340. The van der Waals surface area contributed by atoms with Gasteiger partial charge in [-0.1, -0.05) is 24.5 Å². The van der Waals surface area contributed by atoms with Crippen LogP contribution < -0.4 is 5.32 Å². The Morgan fingerprint density at radius 2 is 2.06 bits per heavy atom. The van der Waals surface area contributed by atoms with Crippen molar-refractivity contribution in [1.82, 2.24) is 5.32 Å². The Morgan fingerprint density at radius 1 is 1.19 bits per heavy atom. The van der Waals surface area contributed by atoms with Gasteiger partial charge in [-0.25, -0.2) is 0 Å². The van der Waals surface area contributed by atoms with Crippen LogP contribution in [0.1, 0.15) is 57.8 Å². The summed E-state index contributed by atoms with van der Waals surface area (Å²) in [6.45, 7) is 1.05. The molecule has 1 fully saturated rings. The van der Waals surface area contributed by atoms with Crippen molar-refractivity contribution in [2.75, 3.05) is 6.54 Å². The average molecular weight is 223 g/mol. The van der Waals surface area contributed by atoms with Crippen molar-refractivity contribution in [3.63, 3.8) is 0 Å². The van der Waals surface area contributed by atoms with E-state index in [9.17, 15) is 5.11 Å². The minimum atomic E-state index is -0.103. The topological polar surface area (TPSA) is 32.3 Å². The second-order valence-corrected chi connectivity index (χ2v) is 5.27. The summed E-state index contributed by atoms with van der Waals surface area (Å²) in [5.74, 6) is 0. The lowest BCUT2D eigenvalue weighted by atomic mass is 9.92. The molecule has 0 heterocycles. The Morgan fingerprint density at radius 3 is 2.81 bits per heavy atom. The molecular formula is C14H25NO. The molecule has 0 aliphatic heterocycles. The molecule has 0 aromatic carbocycles. The standard InChI is InChI=1S/C14H25NO/c16-14-9-5-4-8-13(14)15-11-10-12-6-2-1-3-7-12/h6,13-16H,1-5,7-11H2/t13-,14-/m1/s1. The average Bonchev–Trinajstić information content (AvgIpc) is 2.33. The molecule has 0 radical (unpaired) electrons. The molecule has 0 aromatic heterocycles. The van der Waals surface area contributed by atoms with Crippen molar-refractivity contribution in [3.05, 3.63) is 11.6 Å². The van der Waals surface area contributed by atoms with Crippen LogP contribution in [0, 0.1) is 0 Å². The number of aliphatic hydroxyl groups excluding tert-OH is 1. The summed E-state index contributed by atoms with van der Waals surface area (Å²) < 4.78 is 0. The minimum Gasteiger partial charge on any atom is -0.392 e. The summed E-state index contributed by atoms with van der Waals surface area (Å²) in [6, 6.07) is 0.359. The van der Waals surface area contributed by atoms with Gasteiger partial charge >= 0.3 is 0 Å². The zero-order valence-corrected chi connectivity index (χ0v) is 10.3. The van der Waals surface area contributed by atoms with Crippen molar-refractivity contribution >= 4 is 0 Å². The Kier molecular flexibility index (Phi) is 4.86. The minimum absolute atomic E-state index is 0.103. The maximum atomic E-state index is 9.83. The number of hydrogen-bond acceptors (Lipinski definition) is 2. The number of nitrogens with one attached hydrogen (secondary N) is 1. The molecule has 2 aliphatic rings.